The van der Waals surface area contributed by atoms with E-state index in [0.717, 1.165) is 16.8 Å². The Kier molecular flexibility index (Phi) is 6.26. The number of ether oxygens (including phenoxy) is 1. The summed E-state index contributed by atoms with van der Waals surface area (Å²) in [5.41, 5.74) is 4.64. The molecular weight excluding hydrogens is 423 g/mol. The first-order valence-corrected chi connectivity index (χ1v) is 10.6. The number of hydrogen-bond donors (Lipinski definition) is 1. The number of anilines is 1. The molecule has 2 aromatic carbocycles. The highest BCUT2D eigenvalue weighted by Gasteiger charge is 2.23. The maximum absolute atomic E-state index is 13.5. The Morgan fingerprint density at radius 3 is 2.61 bits per heavy atom. The van der Waals surface area contributed by atoms with Gasteiger partial charge in [0.05, 0.1) is 29.2 Å². The third-order valence-corrected chi connectivity index (χ3v) is 5.45. The standard InChI is InChI=1S/C25H25FN4O3/c1-15-8-10-21(11-9-15)32-14-22-18(4)33-29-24(22)25(31)27-23-16(2)28-30(17(23)3)13-19-6-5-7-20(26)12-19/h5-12H,13-14H2,1-4H3,(H,27,31). The predicted octanol–water partition coefficient (Wildman–Crippen LogP) is 5.12. The van der Waals surface area contributed by atoms with Crippen molar-refractivity contribution in [2.24, 2.45) is 0 Å². The Morgan fingerprint density at radius 2 is 1.88 bits per heavy atom. The summed E-state index contributed by atoms with van der Waals surface area (Å²) in [7, 11) is 0. The molecule has 0 unspecified atom stereocenters. The zero-order chi connectivity index (χ0) is 23.5. The zero-order valence-electron chi connectivity index (χ0n) is 19.0. The minimum Gasteiger partial charge on any atom is -0.489 e. The fourth-order valence-electron chi connectivity index (χ4n) is 3.54. The van der Waals surface area contributed by atoms with E-state index in [2.05, 4.69) is 15.6 Å². The topological polar surface area (TPSA) is 82.2 Å². The molecule has 8 heteroatoms. The molecule has 0 bridgehead atoms. The van der Waals surface area contributed by atoms with E-state index >= 15 is 0 Å². The fraction of sp³-hybridized carbons (Fsp3) is 0.240. The SMILES string of the molecule is Cc1ccc(OCc2c(C(=O)Nc3c(C)nn(Cc4cccc(F)c4)c3C)noc2C)cc1. The summed E-state index contributed by atoms with van der Waals surface area (Å²) in [6.07, 6.45) is 0. The first kappa shape index (κ1) is 22.3. The van der Waals surface area contributed by atoms with Crippen LogP contribution >= 0.6 is 0 Å². The molecule has 1 amide bonds. The van der Waals surface area contributed by atoms with E-state index in [0.29, 0.717) is 35.0 Å². The van der Waals surface area contributed by atoms with Gasteiger partial charge in [0, 0.05) is 0 Å². The second-order valence-corrected chi connectivity index (χ2v) is 7.96. The van der Waals surface area contributed by atoms with Crippen molar-refractivity contribution in [3.05, 3.63) is 93.9 Å². The molecule has 0 fully saturated rings. The zero-order valence-corrected chi connectivity index (χ0v) is 19.0. The molecule has 0 spiro atoms. The van der Waals surface area contributed by atoms with Crippen LogP contribution in [0.15, 0.2) is 53.1 Å². The van der Waals surface area contributed by atoms with Crippen LogP contribution in [0.2, 0.25) is 0 Å². The van der Waals surface area contributed by atoms with Crippen molar-refractivity contribution in [1.29, 1.82) is 0 Å². The number of aromatic nitrogens is 3. The second-order valence-electron chi connectivity index (χ2n) is 7.96. The molecule has 7 nitrogen and oxygen atoms in total. The van der Waals surface area contributed by atoms with Crippen LogP contribution in [0.5, 0.6) is 5.75 Å². The van der Waals surface area contributed by atoms with Gasteiger partial charge in [-0.15, -0.1) is 0 Å². The van der Waals surface area contributed by atoms with Crippen LogP contribution in [0.25, 0.3) is 0 Å². The van der Waals surface area contributed by atoms with Crippen molar-refractivity contribution in [1.82, 2.24) is 14.9 Å². The lowest BCUT2D eigenvalue weighted by Gasteiger charge is -2.09. The van der Waals surface area contributed by atoms with Crippen molar-refractivity contribution in [2.75, 3.05) is 5.32 Å². The molecule has 0 aliphatic heterocycles. The van der Waals surface area contributed by atoms with Crippen LogP contribution in [-0.4, -0.2) is 20.8 Å². The highest BCUT2D eigenvalue weighted by Crippen LogP contribution is 2.24. The van der Waals surface area contributed by atoms with Crippen molar-refractivity contribution in [3.63, 3.8) is 0 Å². The molecular formula is C25H25FN4O3. The molecule has 2 aromatic heterocycles. The second kappa shape index (κ2) is 9.28. The molecule has 4 aromatic rings. The number of aryl methyl sites for hydroxylation is 3. The van der Waals surface area contributed by atoms with Gasteiger partial charge < -0.3 is 14.6 Å². The van der Waals surface area contributed by atoms with Crippen molar-refractivity contribution in [3.8, 4) is 5.75 Å². The average Bonchev–Trinajstić information content (AvgIpc) is 3.27. The number of amides is 1. The Hall–Kier alpha value is -3.94. The van der Waals surface area contributed by atoms with Gasteiger partial charge in [-0.3, -0.25) is 9.48 Å². The molecule has 0 aliphatic carbocycles. The Labute approximate surface area is 191 Å². The summed E-state index contributed by atoms with van der Waals surface area (Å²) >= 11 is 0. The molecule has 170 valence electrons. The highest BCUT2D eigenvalue weighted by molar-refractivity contribution is 6.04. The highest BCUT2D eigenvalue weighted by atomic mass is 19.1. The van der Waals surface area contributed by atoms with E-state index in [-0.39, 0.29) is 18.1 Å². The number of nitrogens with one attached hydrogen (secondary N) is 1. The van der Waals surface area contributed by atoms with Crippen LogP contribution in [0, 0.1) is 33.5 Å². The number of nitrogens with zero attached hydrogens (tertiary/aromatic N) is 3. The number of hydrogen-bond acceptors (Lipinski definition) is 5. The summed E-state index contributed by atoms with van der Waals surface area (Å²) < 4.78 is 26.4. The predicted molar refractivity (Wildman–Crippen MR) is 122 cm³/mol. The molecule has 33 heavy (non-hydrogen) atoms. The molecule has 0 radical (unpaired) electrons. The quantitative estimate of drug-likeness (QED) is 0.424. The average molecular weight is 448 g/mol. The maximum atomic E-state index is 13.5. The molecule has 4 rings (SSSR count). The van der Waals surface area contributed by atoms with E-state index < -0.39 is 5.91 Å². The molecule has 0 aliphatic rings. The third-order valence-electron chi connectivity index (χ3n) is 5.45. The number of halogens is 1. The van der Waals surface area contributed by atoms with Crippen LogP contribution < -0.4 is 10.1 Å². The van der Waals surface area contributed by atoms with Gasteiger partial charge in [0.2, 0.25) is 0 Å². The van der Waals surface area contributed by atoms with Crippen LogP contribution in [0.1, 0.15) is 44.3 Å². The van der Waals surface area contributed by atoms with Crippen molar-refractivity contribution in [2.45, 2.75) is 40.8 Å². The van der Waals surface area contributed by atoms with Gasteiger partial charge in [0.25, 0.3) is 5.91 Å². The number of rotatable bonds is 7. The van der Waals surface area contributed by atoms with E-state index in [1.54, 1.807) is 24.6 Å². The summed E-state index contributed by atoms with van der Waals surface area (Å²) in [6.45, 7) is 7.94. The van der Waals surface area contributed by atoms with Gasteiger partial charge in [-0.2, -0.15) is 5.10 Å². The van der Waals surface area contributed by atoms with Gasteiger partial charge in [0.15, 0.2) is 5.69 Å². The normalized spacial score (nSPS) is 10.9. The number of carbonyl (C=O) groups excluding carboxylic acids is 1. The molecule has 0 saturated carbocycles. The number of carbonyl (C=O) groups is 1. The monoisotopic (exact) mass is 448 g/mol. The molecule has 0 atom stereocenters. The minimum atomic E-state index is -0.411. The lowest BCUT2D eigenvalue weighted by atomic mass is 10.2. The van der Waals surface area contributed by atoms with Gasteiger partial charge in [-0.05, 0) is 57.5 Å². The lowest BCUT2D eigenvalue weighted by molar-refractivity contribution is 0.101. The Balaban J connectivity index is 1.51. The van der Waals surface area contributed by atoms with E-state index in [9.17, 15) is 9.18 Å². The van der Waals surface area contributed by atoms with Gasteiger partial charge in [-0.1, -0.05) is 35.0 Å². The minimum absolute atomic E-state index is 0.151. The largest absolute Gasteiger partial charge is 0.489 e. The van der Waals surface area contributed by atoms with Gasteiger partial charge in [0.1, 0.15) is 23.9 Å². The van der Waals surface area contributed by atoms with Crippen LogP contribution in [-0.2, 0) is 13.2 Å². The first-order chi connectivity index (χ1) is 15.8. The Bertz CT molecular complexity index is 1290. The fourth-order valence-corrected chi connectivity index (χ4v) is 3.54. The summed E-state index contributed by atoms with van der Waals surface area (Å²) in [6, 6.07) is 14.0. The van der Waals surface area contributed by atoms with E-state index in [4.69, 9.17) is 9.26 Å². The summed E-state index contributed by atoms with van der Waals surface area (Å²) in [5, 5.41) is 11.3. The third kappa shape index (κ3) is 4.95. The lowest BCUT2D eigenvalue weighted by Crippen LogP contribution is -2.16. The smallest absolute Gasteiger partial charge is 0.278 e. The van der Waals surface area contributed by atoms with Crippen molar-refractivity contribution < 1.29 is 18.4 Å². The van der Waals surface area contributed by atoms with E-state index in [1.165, 1.54) is 12.1 Å². The molecule has 2 heterocycles. The number of benzene rings is 2. The Morgan fingerprint density at radius 1 is 1.12 bits per heavy atom. The van der Waals surface area contributed by atoms with Crippen molar-refractivity contribution >= 4 is 11.6 Å². The van der Waals surface area contributed by atoms with Crippen LogP contribution in [0.3, 0.4) is 0 Å². The van der Waals surface area contributed by atoms with E-state index in [1.807, 2.05) is 44.2 Å². The summed E-state index contributed by atoms with van der Waals surface area (Å²) in [4.78, 5) is 13.0. The molecule has 1 N–H and O–H groups in total. The van der Waals surface area contributed by atoms with Crippen LogP contribution in [0.4, 0.5) is 10.1 Å². The van der Waals surface area contributed by atoms with Gasteiger partial charge >= 0.3 is 0 Å². The summed E-state index contributed by atoms with van der Waals surface area (Å²) in [5.74, 6) is 0.496. The van der Waals surface area contributed by atoms with Gasteiger partial charge in [-0.25, -0.2) is 4.39 Å². The maximum Gasteiger partial charge on any atom is 0.278 e. The molecule has 0 saturated heterocycles. The first-order valence-electron chi connectivity index (χ1n) is 10.6.